The molecule has 0 atom stereocenters. The van der Waals surface area contributed by atoms with Crippen molar-refractivity contribution in [3.8, 4) is 0 Å². The Hall–Kier alpha value is -0.920. The van der Waals surface area contributed by atoms with E-state index in [9.17, 15) is 8.42 Å². The van der Waals surface area contributed by atoms with Crippen LogP contribution in [-0.2, 0) is 16.6 Å². The number of rotatable bonds is 5. The van der Waals surface area contributed by atoms with Crippen LogP contribution in [-0.4, -0.2) is 42.3 Å². The summed E-state index contributed by atoms with van der Waals surface area (Å²) in [6.07, 6.45) is 6.22. The van der Waals surface area contributed by atoms with Gasteiger partial charge in [0, 0.05) is 31.5 Å². The Balaban J connectivity index is 1.69. The van der Waals surface area contributed by atoms with Crippen LogP contribution >= 0.6 is 0 Å². The number of aromatic nitrogens is 2. The van der Waals surface area contributed by atoms with Crippen LogP contribution in [0.15, 0.2) is 12.5 Å². The van der Waals surface area contributed by atoms with E-state index in [1.165, 1.54) is 4.31 Å². The molecule has 1 aliphatic rings. The van der Waals surface area contributed by atoms with Gasteiger partial charge < -0.3 is 4.98 Å². The molecule has 1 saturated heterocycles. The molecule has 6 nitrogen and oxygen atoms in total. The van der Waals surface area contributed by atoms with E-state index in [1.54, 1.807) is 12.5 Å². The molecule has 0 spiro atoms. The van der Waals surface area contributed by atoms with Crippen molar-refractivity contribution in [2.45, 2.75) is 19.3 Å². The molecule has 2 N–H and O–H groups in total. The highest BCUT2D eigenvalue weighted by Gasteiger charge is 2.26. The lowest BCUT2D eigenvalue weighted by atomic mass is 10.2. The van der Waals surface area contributed by atoms with Crippen LogP contribution in [0.2, 0.25) is 0 Å². The minimum Gasteiger partial charge on any atom is -0.348 e. The van der Waals surface area contributed by atoms with E-state index in [1.807, 2.05) is 0 Å². The summed E-state index contributed by atoms with van der Waals surface area (Å²) in [5.41, 5.74) is 1.10. The molecule has 1 aromatic rings. The zero-order valence-corrected chi connectivity index (χ0v) is 9.83. The number of H-pyrrole nitrogens is 1. The summed E-state index contributed by atoms with van der Waals surface area (Å²) in [6, 6.07) is 0. The summed E-state index contributed by atoms with van der Waals surface area (Å²) >= 11 is 0. The summed E-state index contributed by atoms with van der Waals surface area (Å²) in [5.74, 6) is 0. The van der Waals surface area contributed by atoms with E-state index < -0.39 is 10.2 Å². The van der Waals surface area contributed by atoms with E-state index in [0.29, 0.717) is 19.6 Å². The van der Waals surface area contributed by atoms with Crippen LogP contribution in [0.5, 0.6) is 0 Å². The fourth-order valence-electron chi connectivity index (χ4n) is 1.77. The van der Waals surface area contributed by atoms with Crippen LogP contribution < -0.4 is 4.72 Å². The number of aromatic amines is 1. The highest BCUT2D eigenvalue weighted by molar-refractivity contribution is 7.87. The van der Waals surface area contributed by atoms with E-state index in [4.69, 9.17) is 0 Å². The molecule has 0 bridgehead atoms. The minimum absolute atomic E-state index is 0.531. The molecule has 2 heterocycles. The molecule has 1 aromatic heterocycles. The van der Waals surface area contributed by atoms with Gasteiger partial charge in [0.1, 0.15) is 0 Å². The summed E-state index contributed by atoms with van der Waals surface area (Å²) in [5, 5.41) is 0. The zero-order chi connectivity index (χ0) is 11.4. The first-order valence-electron chi connectivity index (χ1n) is 5.40. The van der Waals surface area contributed by atoms with Gasteiger partial charge in [-0.1, -0.05) is 0 Å². The number of nitrogens with zero attached hydrogens (tertiary/aromatic N) is 2. The number of hydrogen-bond acceptors (Lipinski definition) is 3. The number of nitrogens with one attached hydrogen (secondary N) is 2. The molecular weight excluding hydrogens is 228 g/mol. The fraction of sp³-hybridized carbons (Fsp3) is 0.667. The van der Waals surface area contributed by atoms with E-state index in [2.05, 4.69) is 14.7 Å². The first kappa shape index (κ1) is 11.6. The van der Waals surface area contributed by atoms with Crippen molar-refractivity contribution in [3.63, 3.8) is 0 Å². The predicted molar refractivity (Wildman–Crippen MR) is 60.0 cm³/mol. The van der Waals surface area contributed by atoms with Gasteiger partial charge in [-0.05, 0) is 19.3 Å². The molecule has 0 aromatic carbocycles. The predicted octanol–water partition coefficient (Wildman–Crippen LogP) is -0.118. The molecule has 0 unspecified atom stereocenters. The fourth-order valence-corrected chi connectivity index (χ4v) is 3.00. The quantitative estimate of drug-likeness (QED) is 0.709. The highest BCUT2D eigenvalue weighted by Crippen LogP contribution is 2.07. The second-order valence-electron chi connectivity index (χ2n) is 3.83. The Labute approximate surface area is 95.2 Å². The molecule has 0 amide bonds. The zero-order valence-electron chi connectivity index (χ0n) is 9.02. The van der Waals surface area contributed by atoms with Gasteiger partial charge in [-0.25, -0.2) is 9.71 Å². The van der Waals surface area contributed by atoms with Gasteiger partial charge in [-0.15, -0.1) is 0 Å². The number of aryl methyl sites for hydroxylation is 1. The first-order valence-corrected chi connectivity index (χ1v) is 6.84. The van der Waals surface area contributed by atoms with E-state index >= 15 is 0 Å². The largest absolute Gasteiger partial charge is 0.348 e. The highest BCUT2D eigenvalue weighted by atomic mass is 32.2. The van der Waals surface area contributed by atoms with Crippen LogP contribution in [0.1, 0.15) is 18.5 Å². The van der Waals surface area contributed by atoms with Gasteiger partial charge >= 0.3 is 0 Å². The lowest BCUT2D eigenvalue weighted by Crippen LogP contribution is -2.30. The summed E-state index contributed by atoms with van der Waals surface area (Å²) in [6.45, 7) is 1.72. The lowest BCUT2D eigenvalue weighted by Gasteiger charge is -2.12. The Morgan fingerprint density at radius 3 is 2.94 bits per heavy atom. The molecule has 7 heteroatoms. The van der Waals surface area contributed by atoms with Crippen molar-refractivity contribution in [3.05, 3.63) is 18.2 Å². The molecule has 1 aliphatic heterocycles. The van der Waals surface area contributed by atoms with Crippen molar-refractivity contribution >= 4 is 10.2 Å². The van der Waals surface area contributed by atoms with Gasteiger partial charge in [0.15, 0.2) is 0 Å². The maximum Gasteiger partial charge on any atom is 0.279 e. The molecule has 0 aliphatic carbocycles. The first-order chi connectivity index (χ1) is 7.68. The van der Waals surface area contributed by atoms with Crippen LogP contribution in [0.25, 0.3) is 0 Å². The number of unbranched alkanes of at least 4 members (excludes halogenated alkanes) is 1. The Morgan fingerprint density at radius 1 is 1.44 bits per heavy atom. The molecule has 90 valence electrons. The topological polar surface area (TPSA) is 78.1 Å². The van der Waals surface area contributed by atoms with Crippen molar-refractivity contribution in [2.75, 3.05) is 19.6 Å². The maximum absolute atomic E-state index is 11.4. The Morgan fingerprint density at radius 2 is 2.31 bits per heavy atom. The smallest absolute Gasteiger partial charge is 0.279 e. The van der Waals surface area contributed by atoms with Crippen LogP contribution in [0.3, 0.4) is 0 Å². The number of hydrogen-bond donors (Lipinski definition) is 2. The van der Waals surface area contributed by atoms with Crippen molar-refractivity contribution in [2.24, 2.45) is 0 Å². The second kappa shape index (κ2) is 4.94. The van der Waals surface area contributed by atoms with Gasteiger partial charge in [0.2, 0.25) is 0 Å². The maximum atomic E-state index is 11.4. The normalized spacial score (nSPS) is 20.2. The van der Waals surface area contributed by atoms with Crippen molar-refractivity contribution in [1.82, 2.24) is 19.0 Å². The third-order valence-corrected chi connectivity index (χ3v) is 4.26. The molecule has 0 radical (unpaired) electrons. The van der Waals surface area contributed by atoms with E-state index in [-0.39, 0.29) is 0 Å². The van der Waals surface area contributed by atoms with Crippen LogP contribution in [0.4, 0.5) is 0 Å². The molecule has 16 heavy (non-hydrogen) atoms. The molecule has 1 fully saturated rings. The van der Waals surface area contributed by atoms with Crippen molar-refractivity contribution in [1.29, 1.82) is 0 Å². The average molecular weight is 244 g/mol. The van der Waals surface area contributed by atoms with Gasteiger partial charge in [-0.2, -0.15) is 12.7 Å². The van der Waals surface area contributed by atoms with Crippen molar-refractivity contribution < 1.29 is 8.42 Å². The van der Waals surface area contributed by atoms with Crippen LogP contribution in [0, 0.1) is 0 Å². The molecule has 2 rings (SSSR count). The molecular formula is C9H16N4O2S. The monoisotopic (exact) mass is 244 g/mol. The molecule has 0 saturated carbocycles. The Kier molecular flexibility index (Phi) is 3.57. The third kappa shape index (κ3) is 2.81. The summed E-state index contributed by atoms with van der Waals surface area (Å²) in [7, 11) is -3.16. The lowest BCUT2D eigenvalue weighted by molar-refractivity contribution is 0.435. The van der Waals surface area contributed by atoms with Gasteiger partial charge in [0.05, 0.1) is 6.33 Å². The third-order valence-electron chi connectivity index (χ3n) is 2.64. The SMILES string of the molecule is O=S1(=O)NCCN1CCCCc1cnc[nH]1. The minimum atomic E-state index is -3.16. The Bertz CT molecular complexity index is 415. The summed E-state index contributed by atoms with van der Waals surface area (Å²) in [4.78, 5) is 6.96. The number of imidazole rings is 1. The van der Waals surface area contributed by atoms with Gasteiger partial charge in [0.25, 0.3) is 10.2 Å². The van der Waals surface area contributed by atoms with E-state index in [0.717, 1.165) is 25.0 Å². The van der Waals surface area contributed by atoms with Gasteiger partial charge in [-0.3, -0.25) is 0 Å². The average Bonchev–Trinajstić information content (AvgIpc) is 2.83. The summed E-state index contributed by atoms with van der Waals surface area (Å²) < 4.78 is 26.7. The standard InChI is InChI=1S/C9H16N4O2S/c14-16(15)12-4-6-13(16)5-2-1-3-9-7-10-8-11-9/h7-8,12H,1-6H2,(H,10,11). The second-order valence-corrected chi connectivity index (χ2v) is 5.59.